The summed E-state index contributed by atoms with van der Waals surface area (Å²) in [6, 6.07) is 1.96. The predicted octanol–water partition coefficient (Wildman–Crippen LogP) is 4.97. The third-order valence-corrected chi connectivity index (χ3v) is 19.5. The number of ether oxygens (including phenoxy) is 1. The van der Waals surface area contributed by atoms with E-state index < -0.39 is 57.3 Å². The standard InChI is InChI=1S/C25H38F3N5O7SSi2/c1-13(2)42(14(3)4)36-11-18-20(39-43(40-42,15(5)6)16(7)8)21(38-41(34,35)25(26,27)28)24(37-18)33-10-17(9-29)19-22(30)31-12-32-23(19)33/h10,12-16,18,20-21,24H,11H2,1-8H3,(H2,30,31,32)/t18-,20-,21-,24-/m1/s1. The summed E-state index contributed by atoms with van der Waals surface area (Å²) in [5, 5.41) is 9.90. The summed E-state index contributed by atoms with van der Waals surface area (Å²) in [7, 11) is -12.6. The number of rotatable bonds is 7. The van der Waals surface area contributed by atoms with E-state index in [2.05, 4.69) is 9.97 Å². The zero-order valence-corrected chi connectivity index (χ0v) is 28.1. The lowest BCUT2D eigenvalue weighted by Gasteiger charge is -2.51. The van der Waals surface area contributed by atoms with Crippen molar-refractivity contribution >= 4 is 44.1 Å². The SMILES string of the molecule is CC(C)[Si]1(C(C)C)OC[C@H]2O[C@@H](n3cc(C#N)c4c(N)ncnc43)[C@H](OS(=O)(=O)C(F)(F)F)[C@@H]2O[Si](C(C)C)(C(C)C)O1. The molecule has 4 heterocycles. The van der Waals surface area contributed by atoms with E-state index in [1.165, 1.54) is 10.8 Å². The molecule has 2 aliphatic rings. The summed E-state index contributed by atoms with van der Waals surface area (Å²) in [4.78, 5) is 8.08. The Labute approximate surface area is 251 Å². The average Bonchev–Trinajstić information content (AvgIpc) is 3.41. The van der Waals surface area contributed by atoms with Crippen LogP contribution in [0.25, 0.3) is 11.0 Å². The summed E-state index contributed by atoms with van der Waals surface area (Å²) in [6.45, 7) is 15.5. The molecular weight excluding hydrogens is 628 g/mol. The molecule has 0 saturated carbocycles. The van der Waals surface area contributed by atoms with Crippen LogP contribution in [-0.2, 0) is 32.0 Å². The van der Waals surface area contributed by atoms with E-state index >= 15 is 0 Å². The number of fused-ring (bicyclic) bond motifs is 2. The van der Waals surface area contributed by atoms with Gasteiger partial charge in [-0.2, -0.15) is 26.9 Å². The fourth-order valence-electron chi connectivity index (χ4n) is 6.04. The first-order valence-corrected chi connectivity index (χ1v) is 19.4. The third kappa shape index (κ3) is 5.62. The molecule has 4 atom stereocenters. The van der Waals surface area contributed by atoms with E-state index in [0.717, 1.165) is 6.33 Å². The van der Waals surface area contributed by atoms with Crippen LogP contribution in [0.2, 0.25) is 22.2 Å². The number of nitrogen functional groups attached to an aromatic ring is 1. The molecule has 0 aromatic carbocycles. The van der Waals surface area contributed by atoms with Gasteiger partial charge in [-0.05, 0) is 22.2 Å². The van der Waals surface area contributed by atoms with Gasteiger partial charge in [-0.25, -0.2) is 9.97 Å². The monoisotopic (exact) mass is 665 g/mol. The maximum atomic E-state index is 13.7. The Morgan fingerprint density at radius 2 is 1.65 bits per heavy atom. The molecule has 2 N–H and O–H groups in total. The smallest absolute Gasteiger partial charge is 0.414 e. The maximum Gasteiger partial charge on any atom is 0.523 e. The van der Waals surface area contributed by atoms with Crippen molar-refractivity contribution in [1.29, 1.82) is 5.26 Å². The van der Waals surface area contributed by atoms with Crippen molar-refractivity contribution in [1.82, 2.24) is 14.5 Å². The van der Waals surface area contributed by atoms with E-state index in [1.807, 2.05) is 61.5 Å². The van der Waals surface area contributed by atoms with E-state index in [4.69, 9.17) is 27.6 Å². The Hall–Kier alpha value is -2.12. The van der Waals surface area contributed by atoms with Crippen LogP contribution in [0.5, 0.6) is 0 Å². The van der Waals surface area contributed by atoms with Gasteiger partial charge < -0.3 is 28.0 Å². The number of aromatic nitrogens is 3. The van der Waals surface area contributed by atoms with Crippen molar-refractivity contribution in [2.24, 2.45) is 0 Å². The van der Waals surface area contributed by atoms with Gasteiger partial charge in [0.25, 0.3) is 0 Å². The molecule has 0 radical (unpaired) electrons. The molecule has 240 valence electrons. The highest BCUT2D eigenvalue weighted by Crippen LogP contribution is 2.50. The van der Waals surface area contributed by atoms with E-state index in [-0.39, 0.29) is 51.2 Å². The highest BCUT2D eigenvalue weighted by atomic mass is 32.2. The number of nitrogens with two attached hydrogens (primary N) is 1. The number of hydrogen-bond acceptors (Lipinski definition) is 11. The average molecular weight is 666 g/mol. The van der Waals surface area contributed by atoms with Crippen LogP contribution in [0.15, 0.2) is 12.5 Å². The minimum atomic E-state index is -6.13. The molecule has 12 nitrogen and oxygen atoms in total. The molecule has 18 heteroatoms. The molecule has 0 unspecified atom stereocenters. The number of alkyl halides is 3. The van der Waals surface area contributed by atoms with Crippen molar-refractivity contribution in [3.63, 3.8) is 0 Å². The second kappa shape index (κ2) is 11.7. The van der Waals surface area contributed by atoms with Gasteiger partial charge >= 0.3 is 32.7 Å². The topological polar surface area (TPSA) is 161 Å². The molecule has 2 aliphatic heterocycles. The molecule has 0 amide bonds. The first-order valence-electron chi connectivity index (χ1n) is 14.0. The van der Waals surface area contributed by atoms with Crippen LogP contribution >= 0.6 is 0 Å². The van der Waals surface area contributed by atoms with Crippen LogP contribution in [0, 0.1) is 11.3 Å². The van der Waals surface area contributed by atoms with E-state index in [0.29, 0.717) is 0 Å². The zero-order chi connectivity index (χ0) is 32.3. The van der Waals surface area contributed by atoms with Gasteiger partial charge in [0.1, 0.15) is 42.2 Å². The Morgan fingerprint density at radius 1 is 1.07 bits per heavy atom. The lowest BCUT2D eigenvalue weighted by molar-refractivity contribution is -0.0693. The third-order valence-electron chi connectivity index (χ3n) is 8.17. The molecule has 0 aliphatic carbocycles. The lowest BCUT2D eigenvalue weighted by atomic mass is 10.1. The zero-order valence-electron chi connectivity index (χ0n) is 25.2. The van der Waals surface area contributed by atoms with Gasteiger partial charge in [0.05, 0.1) is 17.6 Å². The largest absolute Gasteiger partial charge is 0.523 e. The van der Waals surface area contributed by atoms with Crippen molar-refractivity contribution in [2.75, 3.05) is 12.3 Å². The predicted molar refractivity (Wildman–Crippen MR) is 154 cm³/mol. The number of hydrogen-bond donors (Lipinski definition) is 1. The number of anilines is 1. The summed E-state index contributed by atoms with van der Waals surface area (Å²) in [5.74, 6) is -0.0478. The highest BCUT2D eigenvalue weighted by Gasteiger charge is 2.63. The van der Waals surface area contributed by atoms with Crippen LogP contribution in [0.4, 0.5) is 19.0 Å². The van der Waals surface area contributed by atoms with Gasteiger partial charge in [0.15, 0.2) is 6.23 Å². The van der Waals surface area contributed by atoms with Gasteiger partial charge in [0, 0.05) is 6.20 Å². The molecular formula is C25H38F3N5O7SSi2. The number of nitrogens with zero attached hydrogens (tertiary/aromatic N) is 4. The maximum absolute atomic E-state index is 13.7. The fraction of sp³-hybridized carbons (Fsp3) is 0.720. The lowest BCUT2D eigenvalue weighted by Crippen LogP contribution is -2.66. The number of halogens is 3. The number of nitriles is 1. The van der Waals surface area contributed by atoms with Gasteiger partial charge in [-0.1, -0.05) is 55.4 Å². The Morgan fingerprint density at radius 3 is 2.16 bits per heavy atom. The molecule has 4 rings (SSSR count). The summed E-state index contributed by atoms with van der Waals surface area (Å²) >= 11 is 0. The molecule has 0 spiro atoms. The minimum Gasteiger partial charge on any atom is -0.414 e. The summed E-state index contributed by atoms with van der Waals surface area (Å²) < 4.78 is 99.2. The van der Waals surface area contributed by atoms with Gasteiger partial charge in [-0.3, -0.25) is 4.18 Å². The van der Waals surface area contributed by atoms with Crippen molar-refractivity contribution in [3.05, 3.63) is 18.1 Å². The molecule has 2 aromatic rings. The van der Waals surface area contributed by atoms with Gasteiger partial charge in [-0.15, -0.1) is 0 Å². The molecule has 0 bridgehead atoms. The molecule has 2 saturated heterocycles. The Bertz CT molecular complexity index is 1480. The van der Waals surface area contributed by atoms with Gasteiger partial charge in [0.2, 0.25) is 0 Å². The van der Waals surface area contributed by atoms with Crippen LogP contribution in [0.1, 0.15) is 67.2 Å². The second-order valence-electron chi connectivity index (χ2n) is 12.1. The molecule has 43 heavy (non-hydrogen) atoms. The van der Waals surface area contributed by atoms with Crippen LogP contribution in [-0.4, -0.2) is 70.5 Å². The Balaban J connectivity index is 1.95. The van der Waals surface area contributed by atoms with Crippen LogP contribution < -0.4 is 5.73 Å². The van der Waals surface area contributed by atoms with Crippen molar-refractivity contribution < 1.29 is 43.5 Å². The van der Waals surface area contributed by atoms with Crippen LogP contribution in [0.3, 0.4) is 0 Å². The fourth-order valence-corrected chi connectivity index (χ4v) is 17.9. The molecule has 2 fully saturated rings. The second-order valence-corrected chi connectivity index (χ2v) is 22.5. The highest BCUT2D eigenvalue weighted by molar-refractivity contribution is 7.87. The normalized spacial score (nSPS) is 26.2. The van der Waals surface area contributed by atoms with E-state index in [1.54, 1.807) is 0 Å². The first-order chi connectivity index (χ1) is 19.8. The summed E-state index contributed by atoms with van der Waals surface area (Å²) in [5.41, 5.74) is -0.166. The van der Waals surface area contributed by atoms with Crippen molar-refractivity contribution in [3.8, 4) is 6.07 Å². The van der Waals surface area contributed by atoms with E-state index in [9.17, 15) is 26.9 Å². The Kier molecular flexibility index (Phi) is 9.17. The minimum absolute atomic E-state index is 0.0121. The quantitative estimate of drug-likeness (QED) is 0.241. The summed E-state index contributed by atoms with van der Waals surface area (Å²) in [6.07, 6.45) is -3.43. The first kappa shape index (κ1) is 33.8. The molecule has 2 aromatic heterocycles. The van der Waals surface area contributed by atoms with Crippen molar-refractivity contribution in [2.45, 2.75) is 108 Å².